The van der Waals surface area contributed by atoms with Crippen LogP contribution in [-0.4, -0.2) is 31.5 Å². The van der Waals surface area contributed by atoms with E-state index in [-0.39, 0.29) is 24.4 Å². The molecule has 1 N–H and O–H groups in total. The van der Waals surface area contributed by atoms with Gasteiger partial charge in [0.05, 0.1) is 12.1 Å². The summed E-state index contributed by atoms with van der Waals surface area (Å²) in [6, 6.07) is 4.98. The second kappa shape index (κ2) is 7.14. The Bertz CT molecular complexity index is 503. The van der Waals surface area contributed by atoms with E-state index in [4.69, 9.17) is 16.3 Å². The average Bonchev–Trinajstić information content (AvgIpc) is 2.34. The van der Waals surface area contributed by atoms with Crippen molar-refractivity contribution in [2.24, 2.45) is 0 Å². The smallest absolute Gasteiger partial charge is 0.240 e. The summed E-state index contributed by atoms with van der Waals surface area (Å²) in [5, 5.41) is 3.13. The Morgan fingerprint density at radius 1 is 1.40 bits per heavy atom. The highest BCUT2D eigenvalue weighted by Gasteiger charge is 2.17. The molecule has 1 aromatic rings. The molecule has 0 aliphatic carbocycles. The number of amides is 2. The largest absolute Gasteiger partial charge is 0.495 e. The number of methoxy groups -OCH3 is 1. The van der Waals surface area contributed by atoms with Gasteiger partial charge in [0.1, 0.15) is 12.3 Å². The van der Waals surface area contributed by atoms with E-state index in [2.05, 4.69) is 5.32 Å². The fourth-order valence-corrected chi connectivity index (χ4v) is 1.97. The molecule has 20 heavy (non-hydrogen) atoms. The van der Waals surface area contributed by atoms with Crippen LogP contribution in [0.2, 0.25) is 5.02 Å². The van der Waals surface area contributed by atoms with Crippen LogP contribution in [0.5, 0.6) is 5.75 Å². The van der Waals surface area contributed by atoms with Crippen molar-refractivity contribution in [2.45, 2.75) is 26.8 Å². The van der Waals surface area contributed by atoms with Crippen molar-refractivity contribution >= 4 is 29.1 Å². The van der Waals surface area contributed by atoms with Crippen LogP contribution in [0.1, 0.15) is 20.8 Å². The van der Waals surface area contributed by atoms with Crippen molar-refractivity contribution < 1.29 is 14.3 Å². The number of rotatable bonds is 5. The van der Waals surface area contributed by atoms with Gasteiger partial charge >= 0.3 is 0 Å². The average molecular weight is 299 g/mol. The van der Waals surface area contributed by atoms with Gasteiger partial charge in [-0.2, -0.15) is 0 Å². The SMILES string of the molecule is COc1ccc(N(CC(=O)NC(C)C)C(C)=O)cc1Cl. The third-order valence-corrected chi connectivity index (χ3v) is 2.87. The Labute approximate surface area is 123 Å². The second-order valence-corrected chi connectivity index (χ2v) is 5.05. The molecular formula is C14H19ClN2O3. The Morgan fingerprint density at radius 3 is 2.50 bits per heavy atom. The molecule has 6 heteroatoms. The fraction of sp³-hybridized carbons (Fsp3) is 0.429. The van der Waals surface area contributed by atoms with Crippen LogP contribution in [0.25, 0.3) is 0 Å². The van der Waals surface area contributed by atoms with E-state index in [0.29, 0.717) is 16.5 Å². The van der Waals surface area contributed by atoms with E-state index in [1.54, 1.807) is 18.2 Å². The maximum absolute atomic E-state index is 11.8. The van der Waals surface area contributed by atoms with Gasteiger partial charge in [-0.05, 0) is 32.0 Å². The van der Waals surface area contributed by atoms with Crippen LogP contribution in [0.3, 0.4) is 0 Å². The van der Waals surface area contributed by atoms with Gasteiger partial charge in [-0.25, -0.2) is 0 Å². The lowest BCUT2D eigenvalue weighted by Gasteiger charge is -2.22. The second-order valence-electron chi connectivity index (χ2n) is 4.65. The fourth-order valence-electron chi connectivity index (χ4n) is 1.72. The maximum Gasteiger partial charge on any atom is 0.240 e. The van der Waals surface area contributed by atoms with E-state index < -0.39 is 0 Å². The molecule has 0 atom stereocenters. The quantitative estimate of drug-likeness (QED) is 0.907. The van der Waals surface area contributed by atoms with Gasteiger partial charge < -0.3 is 15.0 Å². The van der Waals surface area contributed by atoms with E-state index in [9.17, 15) is 9.59 Å². The summed E-state index contributed by atoms with van der Waals surface area (Å²) in [6.45, 7) is 5.08. The third-order valence-electron chi connectivity index (χ3n) is 2.58. The van der Waals surface area contributed by atoms with Gasteiger partial charge in [0.15, 0.2) is 0 Å². The number of benzene rings is 1. The van der Waals surface area contributed by atoms with Gasteiger partial charge in [0, 0.05) is 18.7 Å². The predicted molar refractivity (Wildman–Crippen MR) is 79.3 cm³/mol. The van der Waals surface area contributed by atoms with Crippen LogP contribution in [-0.2, 0) is 9.59 Å². The molecule has 5 nitrogen and oxygen atoms in total. The summed E-state index contributed by atoms with van der Waals surface area (Å²) in [5.74, 6) is 0.0674. The highest BCUT2D eigenvalue weighted by atomic mass is 35.5. The first kappa shape index (κ1) is 16.3. The topological polar surface area (TPSA) is 58.6 Å². The molecule has 0 heterocycles. The highest BCUT2D eigenvalue weighted by Crippen LogP contribution is 2.29. The Morgan fingerprint density at radius 2 is 2.05 bits per heavy atom. The minimum atomic E-state index is -0.231. The Kier molecular flexibility index (Phi) is 5.82. The molecule has 0 aromatic heterocycles. The first-order chi connectivity index (χ1) is 9.35. The van der Waals surface area contributed by atoms with Gasteiger partial charge in [0.2, 0.25) is 11.8 Å². The first-order valence-corrected chi connectivity index (χ1v) is 6.64. The van der Waals surface area contributed by atoms with Crippen molar-refractivity contribution in [2.75, 3.05) is 18.6 Å². The van der Waals surface area contributed by atoms with Crippen LogP contribution in [0.4, 0.5) is 5.69 Å². The van der Waals surface area contributed by atoms with Crippen molar-refractivity contribution in [3.63, 3.8) is 0 Å². The zero-order chi connectivity index (χ0) is 15.3. The van der Waals surface area contributed by atoms with Crippen LogP contribution in [0, 0.1) is 0 Å². The van der Waals surface area contributed by atoms with Crippen LogP contribution >= 0.6 is 11.6 Å². The first-order valence-electron chi connectivity index (χ1n) is 6.26. The zero-order valence-electron chi connectivity index (χ0n) is 12.1. The minimum Gasteiger partial charge on any atom is -0.495 e. The monoisotopic (exact) mass is 298 g/mol. The molecule has 1 rings (SSSR count). The molecule has 0 fully saturated rings. The lowest BCUT2D eigenvalue weighted by molar-refractivity contribution is -0.123. The number of ether oxygens (including phenoxy) is 1. The van der Waals surface area contributed by atoms with E-state index in [0.717, 1.165) is 0 Å². The number of halogens is 1. The number of hydrogen-bond acceptors (Lipinski definition) is 3. The summed E-state index contributed by atoms with van der Waals surface area (Å²) in [6.07, 6.45) is 0. The number of hydrogen-bond donors (Lipinski definition) is 1. The maximum atomic E-state index is 11.8. The Balaban J connectivity index is 2.94. The molecule has 0 unspecified atom stereocenters. The van der Waals surface area contributed by atoms with E-state index in [1.165, 1.54) is 18.9 Å². The van der Waals surface area contributed by atoms with Gasteiger partial charge in [-0.15, -0.1) is 0 Å². The lowest BCUT2D eigenvalue weighted by Crippen LogP contribution is -2.42. The number of anilines is 1. The van der Waals surface area contributed by atoms with Crippen molar-refractivity contribution in [1.29, 1.82) is 0 Å². The number of carbonyl (C=O) groups excluding carboxylic acids is 2. The predicted octanol–water partition coefficient (Wildman–Crippen LogP) is 2.23. The van der Waals surface area contributed by atoms with Crippen LogP contribution < -0.4 is 15.0 Å². The highest BCUT2D eigenvalue weighted by molar-refractivity contribution is 6.32. The molecule has 0 saturated heterocycles. The zero-order valence-corrected chi connectivity index (χ0v) is 12.8. The van der Waals surface area contributed by atoms with Crippen LogP contribution in [0.15, 0.2) is 18.2 Å². The molecule has 110 valence electrons. The minimum absolute atomic E-state index is 0.0239. The Hall–Kier alpha value is -1.75. The summed E-state index contributed by atoms with van der Waals surface area (Å²) >= 11 is 6.04. The lowest BCUT2D eigenvalue weighted by atomic mass is 10.2. The molecule has 0 aliphatic rings. The normalized spacial score (nSPS) is 10.3. The molecule has 0 aliphatic heterocycles. The summed E-state index contributed by atoms with van der Waals surface area (Å²) in [5.41, 5.74) is 0.558. The van der Waals surface area contributed by atoms with Gasteiger partial charge in [-0.3, -0.25) is 9.59 Å². The summed E-state index contributed by atoms with van der Waals surface area (Å²) in [4.78, 5) is 24.9. The molecule has 1 aromatic carbocycles. The standard InChI is InChI=1S/C14H19ClN2O3/c1-9(2)16-14(19)8-17(10(3)18)11-5-6-13(20-4)12(15)7-11/h5-7,9H,8H2,1-4H3,(H,16,19). The van der Waals surface area contributed by atoms with E-state index >= 15 is 0 Å². The molecule has 0 spiro atoms. The van der Waals surface area contributed by atoms with Crippen molar-refractivity contribution in [3.05, 3.63) is 23.2 Å². The van der Waals surface area contributed by atoms with E-state index in [1.807, 2.05) is 13.8 Å². The molecular weight excluding hydrogens is 280 g/mol. The van der Waals surface area contributed by atoms with Gasteiger partial charge in [0.25, 0.3) is 0 Å². The number of carbonyl (C=O) groups is 2. The molecule has 0 bridgehead atoms. The molecule has 0 saturated carbocycles. The summed E-state index contributed by atoms with van der Waals surface area (Å²) < 4.78 is 5.06. The third kappa shape index (κ3) is 4.42. The molecule has 2 amide bonds. The van der Waals surface area contributed by atoms with Crippen molar-refractivity contribution in [3.8, 4) is 5.75 Å². The van der Waals surface area contributed by atoms with Gasteiger partial charge in [-0.1, -0.05) is 11.6 Å². The summed E-state index contributed by atoms with van der Waals surface area (Å²) in [7, 11) is 1.51. The van der Waals surface area contributed by atoms with Crippen molar-refractivity contribution in [1.82, 2.24) is 5.32 Å². The number of nitrogens with zero attached hydrogens (tertiary/aromatic N) is 1. The number of nitrogens with one attached hydrogen (secondary N) is 1. The molecule has 0 radical (unpaired) electrons.